The van der Waals surface area contributed by atoms with Crippen LogP contribution in [0.15, 0.2) is 28.4 Å². The summed E-state index contributed by atoms with van der Waals surface area (Å²) >= 11 is 4.55. The van der Waals surface area contributed by atoms with Crippen LogP contribution in [0.3, 0.4) is 0 Å². The third kappa shape index (κ3) is 3.96. The Morgan fingerprint density at radius 1 is 1.31 bits per heavy atom. The van der Waals surface area contributed by atoms with Gasteiger partial charge in [-0.25, -0.2) is 23.5 Å². The Labute approximate surface area is 198 Å². The van der Waals surface area contributed by atoms with Crippen LogP contribution in [0.5, 0.6) is 0 Å². The van der Waals surface area contributed by atoms with Crippen molar-refractivity contribution in [3.05, 3.63) is 34.8 Å². The Kier molecular flexibility index (Phi) is 6.13. The second kappa shape index (κ2) is 8.44. The number of fused-ring (bicyclic) bond motifs is 3. The van der Waals surface area contributed by atoms with Gasteiger partial charge < -0.3 is 9.64 Å². The molecule has 10 heteroatoms. The molecule has 6 nitrogen and oxygen atoms in total. The maximum Gasteiger partial charge on any atom is 0.410 e. The summed E-state index contributed by atoms with van der Waals surface area (Å²) in [6, 6.07) is 0.238. The fraction of sp³-hybridized carbons (Fsp3) is 0.500. The number of hydrogen-bond donors (Lipinski definition) is 0. The molecule has 0 saturated carbocycles. The largest absolute Gasteiger partial charge is 0.444 e. The maximum absolute atomic E-state index is 14.7. The Morgan fingerprint density at radius 2 is 2.03 bits per heavy atom. The van der Waals surface area contributed by atoms with Crippen molar-refractivity contribution in [2.45, 2.75) is 62.5 Å². The Bertz CT molecular complexity index is 1090. The van der Waals surface area contributed by atoms with Crippen molar-refractivity contribution in [2.24, 2.45) is 0 Å². The van der Waals surface area contributed by atoms with Crippen molar-refractivity contribution in [3.63, 3.8) is 0 Å². The number of carbonyl (C=O) groups is 1. The van der Waals surface area contributed by atoms with Crippen molar-refractivity contribution >= 4 is 50.5 Å². The van der Waals surface area contributed by atoms with E-state index in [9.17, 15) is 13.6 Å². The van der Waals surface area contributed by atoms with Gasteiger partial charge in [0, 0.05) is 12.6 Å². The van der Waals surface area contributed by atoms with Crippen LogP contribution in [0.1, 0.15) is 33.6 Å². The molecular formula is C22H25BrF2N4O2S. The third-order valence-corrected chi connectivity index (χ3v) is 7.11. The average Bonchev–Trinajstić information content (AvgIpc) is 3.04. The third-order valence-electron chi connectivity index (χ3n) is 5.79. The first-order valence-corrected chi connectivity index (χ1v) is 12.4. The molecule has 0 unspecified atom stereocenters. The van der Waals surface area contributed by atoms with Gasteiger partial charge in [-0.15, -0.1) is 6.58 Å². The smallest absolute Gasteiger partial charge is 0.410 e. The summed E-state index contributed by atoms with van der Waals surface area (Å²) in [5.41, 5.74) is -0.551. The molecule has 2 aliphatic heterocycles. The second-order valence-electron chi connectivity index (χ2n) is 8.98. The molecule has 2 saturated heterocycles. The average molecular weight is 527 g/mol. The topological polar surface area (TPSA) is 58.6 Å². The van der Waals surface area contributed by atoms with Crippen LogP contribution in [-0.2, 0) is 4.74 Å². The fourth-order valence-electron chi connectivity index (χ4n) is 4.56. The van der Waals surface area contributed by atoms with Crippen LogP contribution >= 0.6 is 27.7 Å². The molecule has 0 N–H and O–H groups in total. The standard InChI is InChI=1S/C22H25BrF2N4O2S/c1-6-14-15-8-7-11(29(15)21(30)31-22(2,3)4)10-28(14)19-16-17(23)12(24)9-13(25)18(16)26-20(27-19)32-5/h6,9,11,14-15H,1,7-8,10H2,2-5H3/t11-,14+,15+/m1/s1. The lowest BCUT2D eigenvalue weighted by Gasteiger charge is -2.46. The van der Waals surface area contributed by atoms with Gasteiger partial charge in [0.15, 0.2) is 11.0 Å². The summed E-state index contributed by atoms with van der Waals surface area (Å²) in [6.45, 7) is 9.95. The molecule has 3 heterocycles. The van der Waals surface area contributed by atoms with E-state index in [0.717, 1.165) is 18.9 Å². The Balaban J connectivity index is 1.82. The summed E-state index contributed by atoms with van der Waals surface area (Å²) in [4.78, 5) is 25.7. The molecule has 3 atom stereocenters. The monoisotopic (exact) mass is 526 g/mol. The molecule has 32 heavy (non-hydrogen) atoms. The van der Waals surface area contributed by atoms with Gasteiger partial charge in [0.25, 0.3) is 0 Å². The van der Waals surface area contributed by atoms with Gasteiger partial charge in [-0.05, 0) is 55.8 Å². The number of halogens is 3. The number of amides is 1. The van der Waals surface area contributed by atoms with Crippen molar-refractivity contribution < 1.29 is 18.3 Å². The predicted molar refractivity (Wildman–Crippen MR) is 125 cm³/mol. The fourth-order valence-corrected chi connectivity index (χ4v) is 5.40. The van der Waals surface area contributed by atoms with Gasteiger partial charge in [-0.2, -0.15) is 0 Å². The van der Waals surface area contributed by atoms with Gasteiger partial charge >= 0.3 is 6.09 Å². The maximum atomic E-state index is 14.7. The van der Waals surface area contributed by atoms with E-state index in [1.165, 1.54) is 11.8 Å². The molecule has 1 aromatic heterocycles. The summed E-state index contributed by atoms with van der Waals surface area (Å²) in [5.74, 6) is -1.04. The number of carbonyl (C=O) groups excluding carboxylic acids is 1. The van der Waals surface area contributed by atoms with E-state index in [-0.39, 0.29) is 39.6 Å². The first-order chi connectivity index (χ1) is 15.1. The number of anilines is 1. The predicted octanol–water partition coefficient (Wildman–Crippen LogP) is 5.54. The van der Waals surface area contributed by atoms with Crippen LogP contribution in [-0.4, -0.2) is 57.5 Å². The van der Waals surface area contributed by atoms with E-state index in [1.54, 1.807) is 17.2 Å². The molecule has 0 spiro atoms. The highest BCUT2D eigenvalue weighted by molar-refractivity contribution is 9.10. The highest BCUT2D eigenvalue weighted by atomic mass is 79.9. The summed E-state index contributed by atoms with van der Waals surface area (Å²) < 4.78 is 34.9. The lowest BCUT2D eigenvalue weighted by atomic mass is 10.0. The number of aromatic nitrogens is 2. The van der Waals surface area contributed by atoms with E-state index < -0.39 is 17.2 Å². The number of benzene rings is 1. The second-order valence-corrected chi connectivity index (χ2v) is 10.5. The van der Waals surface area contributed by atoms with Crippen LogP contribution in [0, 0.1) is 11.6 Å². The van der Waals surface area contributed by atoms with E-state index in [1.807, 2.05) is 25.7 Å². The minimum atomic E-state index is -0.745. The number of piperazine rings is 1. The molecule has 0 radical (unpaired) electrons. The molecular weight excluding hydrogens is 502 g/mol. The summed E-state index contributed by atoms with van der Waals surface area (Å²) in [6.07, 6.45) is 4.79. The minimum Gasteiger partial charge on any atom is -0.444 e. The lowest BCUT2D eigenvalue weighted by molar-refractivity contribution is 0.00954. The number of nitrogens with zero attached hydrogens (tertiary/aromatic N) is 4. The summed E-state index contributed by atoms with van der Waals surface area (Å²) in [7, 11) is 0. The molecule has 4 rings (SSSR count). The van der Waals surface area contributed by atoms with Crippen molar-refractivity contribution in [1.82, 2.24) is 14.9 Å². The van der Waals surface area contributed by atoms with Crippen LogP contribution in [0.4, 0.5) is 19.4 Å². The van der Waals surface area contributed by atoms with Gasteiger partial charge in [0.05, 0.1) is 28.0 Å². The molecule has 1 aromatic carbocycles. The van der Waals surface area contributed by atoms with Crippen molar-refractivity contribution in [1.29, 1.82) is 0 Å². The zero-order valence-electron chi connectivity index (χ0n) is 18.4. The van der Waals surface area contributed by atoms with Crippen LogP contribution in [0.25, 0.3) is 10.9 Å². The number of hydrogen-bond acceptors (Lipinski definition) is 6. The molecule has 2 aromatic rings. The number of thioether (sulfide) groups is 1. The van der Waals surface area contributed by atoms with E-state index in [0.29, 0.717) is 17.5 Å². The van der Waals surface area contributed by atoms with Crippen LogP contribution in [0.2, 0.25) is 0 Å². The molecule has 1 amide bonds. The highest BCUT2D eigenvalue weighted by Crippen LogP contribution is 2.42. The molecule has 0 aliphatic carbocycles. The van der Waals surface area contributed by atoms with E-state index in [4.69, 9.17) is 4.74 Å². The lowest BCUT2D eigenvalue weighted by Crippen LogP contribution is -2.61. The normalized spacial score (nSPS) is 23.0. The van der Waals surface area contributed by atoms with Crippen molar-refractivity contribution in [2.75, 3.05) is 17.7 Å². The quantitative estimate of drug-likeness (QED) is 0.226. The number of ether oxygens (including phenoxy) is 1. The SMILES string of the molecule is C=C[C@H]1[C@@H]2CC[C@H](CN1c1nc(SC)nc3c(F)cc(F)c(Br)c13)N2C(=O)OC(C)(C)C. The van der Waals surface area contributed by atoms with Crippen LogP contribution < -0.4 is 4.90 Å². The molecule has 2 fully saturated rings. The summed E-state index contributed by atoms with van der Waals surface area (Å²) in [5, 5.41) is 0.659. The van der Waals surface area contributed by atoms with Gasteiger partial charge in [-0.3, -0.25) is 4.90 Å². The minimum absolute atomic E-state index is 0.0531. The number of rotatable bonds is 3. The van der Waals surface area contributed by atoms with Gasteiger partial charge in [0.2, 0.25) is 0 Å². The zero-order chi connectivity index (χ0) is 23.4. The van der Waals surface area contributed by atoms with E-state index >= 15 is 0 Å². The molecule has 2 aliphatic rings. The van der Waals surface area contributed by atoms with Gasteiger partial charge in [-0.1, -0.05) is 17.8 Å². The van der Waals surface area contributed by atoms with Gasteiger partial charge in [0.1, 0.15) is 22.8 Å². The van der Waals surface area contributed by atoms with E-state index in [2.05, 4.69) is 32.5 Å². The Morgan fingerprint density at radius 3 is 2.66 bits per heavy atom. The first kappa shape index (κ1) is 23.2. The molecule has 2 bridgehead atoms. The zero-order valence-corrected chi connectivity index (χ0v) is 20.8. The highest BCUT2D eigenvalue weighted by Gasteiger charge is 2.49. The molecule has 172 valence electrons. The Hall–Kier alpha value is -1.94. The first-order valence-electron chi connectivity index (χ1n) is 10.4. The van der Waals surface area contributed by atoms with Crippen molar-refractivity contribution in [3.8, 4) is 0 Å².